The van der Waals surface area contributed by atoms with Gasteiger partial charge < -0.3 is 27.0 Å². The molecule has 3 rings (SSSR count). The molecule has 1 aromatic carbocycles. The summed E-state index contributed by atoms with van der Waals surface area (Å²) in [7, 11) is 0. The average Bonchev–Trinajstić information content (AvgIpc) is 2.81. The number of fused-ring (bicyclic) bond motifs is 1. The number of rotatable bonds is 10. The number of carbonyl (C=O) groups excluding carboxylic acids is 1. The molecule has 0 unspecified atom stereocenters. The molecule has 12 nitrogen and oxygen atoms in total. The Bertz CT molecular complexity index is 1300. The molecule has 0 saturated heterocycles. The van der Waals surface area contributed by atoms with E-state index < -0.39 is 23.9 Å². The van der Waals surface area contributed by atoms with Crippen LogP contribution in [0.25, 0.3) is 11.2 Å². The fraction of sp³-hybridized carbons (Fsp3) is 0.261. The van der Waals surface area contributed by atoms with Gasteiger partial charge in [-0.05, 0) is 30.5 Å². The highest BCUT2D eigenvalue weighted by atomic mass is 16.4. The van der Waals surface area contributed by atoms with Gasteiger partial charge in [-0.15, -0.1) is 12.3 Å². The zero-order chi connectivity index (χ0) is 25.5. The molecule has 1 amide bonds. The molecule has 2 atom stereocenters. The Morgan fingerprint density at radius 2 is 1.80 bits per heavy atom. The number of carboxylic acid groups (broad SMARTS) is 2. The largest absolute Gasteiger partial charge is 0.481 e. The van der Waals surface area contributed by atoms with E-state index in [0.717, 1.165) is 5.56 Å². The SMILES string of the molecule is C#CC[C@H](Cc1cnc2nc(N)nc(N)c2n1)c1ccc(C(=O)N[C@@H](CCC(=O)O)C(=O)O)cc1. The van der Waals surface area contributed by atoms with Crippen molar-refractivity contribution in [3.63, 3.8) is 0 Å². The minimum Gasteiger partial charge on any atom is -0.481 e. The van der Waals surface area contributed by atoms with E-state index >= 15 is 0 Å². The number of nitrogens with one attached hydrogen (secondary N) is 1. The molecule has 0 bridgehead atoms. The number of hydrogen-bond donors (Lipinski definition) is 5. The predicted molar refractivity (Wildman–Crippen MR) is 126 cm³/mol. The minimum atomic E-state index is -1.31. The second-order valence-electron chi connectivity index (χ2n) is 7.73. The highest BCUT2D eigenvalue weighted by Crippen LogP contribution is 2.25. The third kappa shape index (κ3) is 6.38. The first-order chi connectivity index (χ1) is 16.7. The van der Waals surface area contributed by atoms with Crippen molar-refractivity contribution in [2.75, 3.05) is 11.5 Å². The second kappa shape index (κ2) is 10.9. The lowest BCUT2D eigenvalue weighted by Gasteiger charge is -2.16. The lowest BCUT2D eigenvalue weighted by atomic mass is 9.91. The van der Waals surface area contributed by atoms with E-state index in [9.17, 15) is 19.5 Å². The Kier molecular flexibility index (Phi) is 7.73. The highest BCUT2D eigenvalue weighted by Gasteiger charge is 2.22. The van der Waals surface area contributed by atoms with Gasteiger partial charge >= 0.3 is 11.9 Å². The summed E-state index contributed by atoms with van der Waals surface area (Å²) in [6, 6.07) is 5.22. The number of nitrogens with two attached hydrogens (primary N) is 2. The maximum absolute atomic E-state index is 12.5. The molecule has 0 aliphatic carbocycles. The van der Waals surface area contributed by atoms with Crippen LogP contribution in [-0.2, 0) is 16.0 Å². The number of nitrogen functional groups attached to an aromatic ring is 2. The molecular weight excluding hydrogens is 454 g/mol. The Hall–Kier alpha value is -4.79. The highest BCUT2D eigenvalue weighted by molar-refractivity contribution is 5.96. The second-order valence-corrected chi connectivity index (χ2v) is 7.73. The number of anilines is 2. The van der Waals surface area contributed by atoms with E-state index in [0.29, 0.717) is 24.1 Å². The topological polar surface area (TPSA) is 207 Å². The minimum absolute atomic E-state index is 0.00273. The summed E-state index contributed by atoms with van der Waals surface area (Å²) in [4.78, 5) is 51.2. The van der Waals surface area contributed by atoms with E-state index in [1.807, 2.05) is 0 Å². The van der Waals surface area contributed by atoms with Crippen LogP contribution in [0.1, 0.15) is 46.8 Å². The van der Waals surface area contributed by atoms with E-state index in [4.69, 9.17) is 23.0 Å². The van der Waals surface area contributed by atoms with Crippen molar-refractivity contribution in [2.45, 2.75) is 37.6 Å². The first-order valence-electron chi connectivity index (χ1n) is 10.5. The Morgan fingerprint density at radius 3 is 2.43 bits per heavy atom. The van der Waals surface area contributed by atoms with Gasteiger partial charge in [0.1, 0.15) is 6.04 Å². The van der Waals surface area contributed by atoms with Gasteiger partial charge in [0.2, 0.25) is 5.95 Å². The molecule has 7 N–H and O–H groups in total. The van der Waals surface area contributed by atoms with Gasteiger partial charge in [-0.3, -0.25) is 9.59 Å². The molecule has 0 radical (unpaired) electrons. The van der Waals surface area contributed by atoms with Crippen LogP contribution in [0, 0.1) is 12.3 Å². The van der Waals surface area contributed by atoms with Crippen molar-refractivity contribution in [3.8, 4) is 12.3 Å². The van der Waals surface area contributed by atoms with Crippen molar-refractivity contribution in [3.05, 3.63) is 47.3 Å². The monoisotopic (exact) mass is 477 g/mol. The summed E-state index contributed by atoms with van der Waals surface area (Å²) in [5.41, 5.74) is 13.8. The Morgan fingerprint density at radius 1 is 1.09 bits per heavy atom. The molecule has 180 valence electrons. The normalized spacial score (nSPS) is 12.4. The zero-order valence-electron chi connectivity index (χ0n) is 18.5. The molecule has 2 aromatic heterocycles. The molecule has 0 saturated carbocycles. The van der Waals surface area contributed by atoms with Gasteiger partial charge in [-0.1, -0.05) is 12.1 Å². The van der Waals surface area contributed by atoms with Gasteiger partial charge in [-0.25, -0.2) is 14.8 Å². The third-order valence-corrected chi connectivity index (χ3v) is 5.22. The number of carboxylic acids is 2. The van der Waals surface area contributed by atoms with Crippen molar-refractivity contribution in [1.29, 1.82) is 0 Å². The van der Waals surface area contributed by atoms with Crippen LogP contribution >= 0.6 is 0 Å². The van der Waals surface area contributed by atoms with Gasteiger partial charge in [0, 0.05) is 24.3 Å². The summed E-state index contributed by atoms with van der Waals surface area (Å²) in [5.74, 6) is -0.479. The standard InChI is InChI=1S/C23H23N7O5/c1-2-3-14(10-15-11-26-20-18(27-15)19(24)29-23(25)30-20)12-4-6-13(7-5-12)21(33)28-16(22(34)35)8-9-17(31)32/h1,4-7,11,14,16H,3,8-10H2,(H,28,33)(H,31,32)(H,34,35)(H4,24,25,26,29,30)/t14-,16+/m1/s1. The van der Waals surface area contributed by atoms with Crippen molar-refractivity contribution in [1.82, 2.24) is 25.3 Å². The van der Waals surface area contributed by atoms with Crippen molar-refractivity contribution >= 4 is 40.8 Å². The third-order valence-electron chi connectivity index (χ3n) is 5.22. The smallest absolute Gasteiger partial charge is 0.326 e. The fourth-order valence-corrected chi connectivity index (χ4v) is 3.46. The maximum Gasteiger partial charge on any atom is 0.326 e. The fourth-order valence-electron chi connectivity index (χ4n) is 3.46. The molecule has 3 aromatic rings. The van der Waals surface area contributed by atoms with Crippen LogP contribution in [-0.4, -0.2) is 54.0 Å². The zero-order valence-corrected chi connectivity index (χ0v) is 18.5. The van der Waals surface area contributed by atoms with Gasteiger partial charge in [0.15, 0.2) is 17.0 Å². The Labute approximate surface area is 199 Å². The van der Waals surface area contributed by atoms with Crippen LogP contribution in [0.15, 0.2) is 30.5 Å². The lowest BCUT2D eigenvalue weighted by Crippen LogP contribution is -2.41. The summed E-state index contributed by atoms with van der Waals surface area (Å²) in [6.45, 7) is 0. The number of terminal acetylenes is 1. The van der Waals surface area contributed by atoms with Crippen LogP contribution in [0.4, 0.5) is 11.8 Å². The molecule has 2 heterocycles. The molecule has 12 heteroatoms. The van der Waals surface area contributed by atoms with Crippen LogP contribution in [0.5, 0.6) is 0 Å². The molecular formula is C23H23N7O5. The van der Waals surface area contributed by atoms with Crippen LogP contribution < -0.4 is 16.8 Å². The van der Waals surface area contributed by atoms with Gasteiger partial charge in [0.25, 0.3) is 5.91 Å². The van der Waals surface area contributed by atoms with Crippen molar-refractivity contribution < 1.29 is 24.6 Å². The number of aliphatic carboxylic acids is 2. The number of carbonyl (C=O) groups is 3. The Balaban J connectivity index is 1.76. The van der Waals surface area contributed by atoms with Gasteiger partial charge in [0.05, 0.1) is 11.9 Å². The van der Waals surface area contributed by atoms with E-state index in [1.54, 1.807) is 30.5 Å². The molecule has 0 aliphatic heterocycles. The quantitative estimate of drug-likeness (QED) is 0.260. The first-order valence-corrected chi connectivity index (χ1v) is 10.5. The number of benzene rings is 1. The number of amides is 1. The summed E-state index contributed by atoms with van der Waals surface area (Å²) < 4.78 is 0. The molecule has 0 fully saturated rings. The van der Waals surface area contributed by atoms with Gasteiger partial charge in [-0.2, -0.15) is 9.97 Å². The summed E-state index contributed by atoms with van der Waals surface area (Å²) in [6.07, 6.45) is 7.32. The van der Waals surface area contributed by atoms with E-state index in [2.05, 4.69) is 31.2 Å². The van der Waals surface area contributed by atoms with Crippen LogP contribution in [0.3, 0.4) is 0 Å². The maximum atomic E-state index is 12.5. The molecule has 0 spiro atoms. The number of aromatic nitrogens is 4. The summed E-state index contributed by atoms with van der Waals surface area (Å²) in [5, 5.41) is 20.3. The molecule has 35 heavy (non-hydrogen) atoms. The predicted octanol–water partition coefficient (Wildman–Crippen LogP) is 0.982. The average molecular weight is 477 g/mol. The number of nitrogens with zero attached hydrogens (tertiary/aromatic N) is 4. The van der Waals surface area contributed by atoms with E-state index in [1.165, 1.54) is 0 Å². The lowest BCUT2D eigenvalue weighted by molar-refractivity contribution is -0.140. The summed E-state index contributed by atoms with van der Waals surface area (Å²) >= 11 is 0. The number of hydrogen-bond acceptors (Lipinski definition) is 9. The van der Waals surface area contributed by atoms with Crippen molar-refractivity contribution in [2.24, 2.45) is 0 Å². The van der Waals surface area contributed by atoms with Crippen LogP contribution in [0.2, 0.25) is 0 Å². The molecule has 0 aliphatic rings. The first kappa shape index (κ1) is 24.8. The van der Waals surface area contributed by atoms with E-state index in [-0.39, 0.29) is 41.7 Å².